The molecule has 5 heterocycles. The molecule has 21 heteroatoms. The summed E-state index contributed by atoms with van der Waals surface area (Å²) in [7, 11) is 6.34. The molecule has 0 spiro atoms. The number of ether oxygens (including phenoxy) is 4. The van der Waals surface area contributed by atoms with E-state index < -0.39 is 11.9 Å². The SMILES string of the molecule is C.COc1ccc(-c2ccc(Cn3cnc4ccccc43)cc2)cc1C#N.COc1ccc(-c2ccc(Cn3cnc4ccccc43)cc2)cc1C(=O)O.COc1ccc(-c2ccc(Cn3cnc4ccccc43)cc2)cc1OC.N#Cc1cc(-c2ccc(Cn3cnc4ccccc43)cc2)ccc1O.O=C(O)c1cccc(-c2ccc(Cn3cnc4ccccc43)cc2)c1. The van der Waals surface area contributed by atoms with Crippen molar-refractivity contribution in [3.8, 4) is 96.5 Å². The Hall–Kier alpha value is -17.4. The van der Waals surface area contributed by atoms with Crippen LogP contribution in [0.5, 0.6) is 28.7 Å². The molecule has 15 aromatic carbocycles. The van der Waals surface area contributed by atoms with Gasteiger partial charge >= 0.3 is 11.9 Å². The second-order valence-corrected chi connectivity index (χ2v) is 30.3. The van der Waals surface area contributed by atoms with Crippen LogP contribution in [0.15, 0.2) is 371 Å². The lowest BCUT2D eigenvalue weighted by atomic mass is 10.0. The van der Waals surface area contributed by atoms with E-state index in [1.165, 1.54) is 29.4 Å². The number of methoxy groups -OCH3 is 4. The number of hydrogen-bond acceptors (Lipinski definition) is 14. The molecule has 0 unspecified atom stereocenters. The smallest absolute Gasteiger partial charge is 0.339 e. The van der Waals surface area contributed by atoms with Gasteiger partial charge in [-0.1, -0.05) is 226 Å². The van der Waals surface area contributed by atoms with Crippen LogP contribution >= 0.6 is 0 Å². The van der Waals surface area contributed by atoms with E-state index in [9.17, 15) is 25.1 Å². The minimum absolute atomic E-state index is 0. The lowest BCUT2D eigenvalue weighted by Gasteiger charge is -2.10. The summed E-state index contributed by atoms with van der Waals surface area (Å²) in [4.78, 5) is 44.7. The fourth-order valence-electron chi connectivity index (χ4n) is 15.4. The molecule has 0 fully saturated rings. The molecule has 20 aromatic rings. The molecule has 0 aliphatic heterocycles. The predicted molar refractivity (Wildman–Crippen MR) is 512 cm³/mol. The third-order valence-electron chi connectivity index (χ3n) is 22.2. The molecule has 0 bridgehead atoms. The Kier molecular flexibility index (Phi) is 27.5. The minimum atomic E-state index is -1.00. The summed E-state index contributed by atoms with van der Waals surface area (Å²) in [6.07, 6.45) is 9.34. The third-order valence-corrected chi connectivity index (χ3v) is 22.2. The number of aromatic hydroxyl groups is 1. The average molecular weight is 1710 g/mol. The zero-order chi connectivity index (χ0) is 89.1. The number of benzene rings is 15. The maximum Gasteiger partial charge on any atom is 0.339 e. The number of nitriles is 2. The summed E-state index contributed by atoms with van der Waals surface area (Å²) in [6.45, 7) is 3.79. The summed E-state index contributed by atoms with van der Waals surface area (Å²) in [5.41, 5.74) is 27.7. The van der Waals surface area contributed by atoms with E-state index >= 15 is 0 Å². The summed E-state index contributed by atoms with van der Waals surface area (Å²) in [6, 6.07) is 115. The van der Waals surface area contributed by atoms with Crippen molar-refractivity contribution in [1.82, 2.24) is 47.8 Å². The topological polar surface area (TPSA) is 268 Å². The Labute approximate surface area is 751 Å². The van der Waals surface area contributed by atoms with Gasteiger partial charge in [-0.2, -0.15) is 10.5 Å². The average Bonchev–Trinajstić information content (AvgIpc) is 1.63. The van der Waals surface area contributed by atoms with Crippen molar-refractivity contribution < 1.29 is 43.9 Å². The molecule has 0 saturated carbocycles. The first-order chi connectivity index (χ1) is 63.2. The van der Waals surface area contributed by atoms with Gasteiger partial charge in [0, 0.05) is 32.7 Å². The first-order valence-electron chi connectivity index (χ1n) is 41.4. The fourth-order valence-corrected chi connectivity index (χ4v) is 15.4. The van der Waals surface area contributed by atoms with Gasteiger partial charge in [0.1, 0.15) is 35.0 Å². The van der Waals surface area contributed by atoms with Crippen LogP contribution in [0.1, 0.15) is 67.1 Å². The molecular weight excluding hydrogens is 1620 g/mol. The highest BCUT2D eigenvalue weighted by atomic mass is 16.5. The van der Waals surface area contributed by atoms with Gasteiger partial charge in [0.05, 0.1) is 132 Å². The fraction of sp³-hybridized carbons (Fsp3) is 0.0917. The number of aromatic nitrogens is 10. The highest BCUT2D eigenvalue weighted by Gasteiger charge is 2.17. The van der Waals surface area contributed by atoms with E-state index in [0.29, 0.717) is 22.6 Å². The van der Waals surface area contributed by atoms with Crippen LogP contribution in [-0.4, -0.2) is 103 Å². The lowest BCUT2D eigenvalue weighted by molar-refractivity contribution is 0.0684. The van der Waals surface area contributed by atoms with Gasteiger partial charge in [-0.15, -0.1) is 0 Å². The molecule has 5 aromatic heterocycles. The zero-order valence-corrected chi connectivity index (χ0v) is 70.9. The Morgan fingerprint density at radius 3 is 0.877 bits per heavy atom. The van der Waals surface area contributed by atoms with Gasteiger partial charge in [-0.3, -0.25) is 0 Å². The molecule has 20 rings (SSSR count). The van der Waals surface area contributed by atoms with E-state index in [1.807, 2.05) is 220 Å². The second-order valence-electron chi connectivity index (χ2n) is 30.3. The van der Waals surface area contributed by atoms with Gasteiger partial charge in [0.2, 0.25) is 0 Å². The highest BCUT2D eigenvalue weighted by molar-refractivity contribution is 5.93. The maximum absolute atomic E-state index is 11.4. The van der Waals surface area contributed by atoms with E-state index in [1.54, 1.807) is 63.8 Å². The van der Waals surface area contributed by atoms with Crippen molar-refractivity contribution >= 4 is 67.1 Å². The number of para-hydroxylation sites is 10. The number of imidazole rings is 5. The number of rotatable bonds is 21. The number of phenols is 1. The first-order valence-corrected chi connectivity index (χ1v) is 41.4. The van der Waals surface area contributed by atoms with Crippen molar-refractivity contribution in [3.05, 3.63) is 421 Å². The lowest BCUT2D eigenvalue weighted by Crippen LogP contribution is -2.01. The molecule has 21 nitrogen and oxygen atoms in total. The molecule has 0 atom stereocenters. The monoisotopic (exact) mass is 1710 g/mol. The van der Waals surface area contributed by atoms with Gasteiger partial charge in [0.25, 0.3) is 0 Å². The second kappa shape index (κ2) is 40.9. The molecule has 3 N–H and O–H groups in total. The predicted octanol–water partition coefficient (Wildman–Crippen LogP) is 23.3. The molecule has 0 radical (unpaired) electrons. The summed E-state index contributed by atoms with van der Waals surface area (Å²) >= 11 is 0. The number of carboxylic acids is 2. The van der Waals surface area contributed by atoms with E-state index in [-0.39, 0.29) is 24.3 Å². The molecule has 0 aliphatic carbocycles. The number of carbonyl (C=O) groups is 2. The number of nitrogens with zero attached hydrogens (tertiary/aromatic N) is 12. The Morgan fingerprint density at radius 1 is 0.285 bits per heavy atom. The van der Waals surface area contributed by atoms with Gasteiger partial charge in [0.15, 0.2) is 11.5 Å². The van der Waals surface area contributed by atoms with Crippen LogP contribution in [0.25, 0.3) is 111 Å². The maximum atomic E-state index is 11.4. The summed E-state index contributed by atoms with van der Waals surface area (Å²) < 4.78 is 31.7. The Morgan fingerprint density at radius 2 is 0.562 bits per heavy atom. The molecule has 0 saturated heterocycles. The number of fused-ring (bicyclic) bond motifs is 5. The van der Waals surface area contributed by atoms with Crippen LogP contribution in [0.3, 0.4) is 0 Å². The quantitative estimate of drug-likeness (QED) is 0.0603. The summed E-state index contributed by atoms with van der Waals surface area (Å²) in [5, 5.41) is 46.4. The van der Waals surface area contributed by atoms with Crippen LogP contribution in [0.4, 0.5) is 0 Å². The number of hydrogen-bond donors (Lipinski definition) is 3. The molecule has 130 heavy (non-hydrogen) atoms. The van der Waals surface area contributed by atoms with Gasteiger partial charge in [-0.05, 0) is 205 Å². The van der Waals surface area contributed by atoms with E-state index in [4.69, 9.17) is 29.3 Å². The molecule has 640 valence electrons. The number of carboxylic acid groups (broad SMARTS) is 2. The Balaban J connectivity index is 0.000000124. The highest BCUT2D eigenvalue weighted by Crippen LogP contribution is 2.35. The van der Waals surface area contributed by atoms with Crippen LogP contribution in [0.2, 0.25) is 0 Å². The third kappa shape index (κ3) is 20.5. The summed E-state index contributed by atoms with van der Waals surface area (Å²) in [5.74, 6) is 0.520. The van der Waals surface area contributed by atoms with Gasteiger partial charge < -0.3 is 57.1 Å². The first kappa shape index (κ1) is 87.5. The van der Waals surface area contributed by atoms with Crippen LogP contribution < -0.4 is 18.9 Å². The Bertz CT molecular complexity index is 7450. The van der Waals surface area contributed by atoms with E-state index in [0.717, 1.165) is 161 Å². The largest absolute Gasteiger partial charge is 0.507 e. The standard InChI is InChI=1S/C22H17N3O.C22H18N2O3.C22H20N2O2.C21H15N3O.C21H16N2O2.CH4/c1-26-22-11-10-18(12-19(22)13-23)17-8-6-16(7-9-17)14-25-15-24-20-4-2-3-5-21(20)25;1-27-21-11-10-17(12-18(21)22(25)26)16-8-6-15(7-9-16)13-24-14-23-19-4-2-3-5-20(19)24;1-25-21-12-11-18(13-22(21)26-2)17-9-7-16(8-10-17)14-24-15-23-19-5-3-4-6-20(19)24;22-12-18-11-17(9-10-21(18)25)16-7-5-15(6-8-16)13-24-14-23-19-3-1-2-4-20(19)24;24-21(25)18-5-3-4-17(12-18)16-10-8-15(9-11-16)13-23-14-22-19-6-1-2-7-20(19)23;/h2-12,15H,14H2,1H3;2-12,14H,13H2,1H3,(H,25,26);3-13,15H,14H2,1-2H3;1-11,14,25H,13H2;1-12,14H,13H2,(H,24,25);1H4. The van der Waals surface area contributed by atoms with Gasteiger partial charge in [-0.25, -0.2) is 34.5 Å². The normalized spacial score (nSPS) is 10.7. The molecular formula is C109H90N12O9. The molecule has 0 amide bonds. The molecule has 0 aliphatic rings. The van der Waals surface area contributed by atoms with Crippen molar-refractivity contribution in [2.24, 2.45) is 0 Å². The van der Waals surface area contributed by atoms with Crippen molar-refractivity contribution in [3.63, 3.8) is 0 Å². The number of phenolic OH excluding ortho intramolecular Hbond substituents is 1. The van der Waals surface area contributed by atoms with Crippen molar-refractivity contribution in [2.45, 2.75) is 40.2 Å². The minimum Gasteiger partial charge on any atom is -0.507 e. The number of aromatic carboxylic acids is 2. The van der Waals surface area contributed by atoms with Crippen molar-refractivity contribution in [1.29, 1.82) is 10.5 Å². The zero-order valence-electron chi connectivity index (χ0n) is 70.9. The van der Waals surface area contributed by atoms with Crippen molar-refractivity contribution in [2.75, 3.05) is 28.4 Å². The van der Waals surface area contributed by atoms with Crippen LogP contribution in [0, 0.1) is 22.7 Å². The van der Waals surface area contributed by atoms with E-state index in [2.05, 4.69) is 169 Å². The van der Waals surface area contributed by atoms with Crippen LogP contribution in [-0.2, 0) is 32.7 Å².